The van der Waals surface area contributed by atoms with Gasteiger partial charge in [0, 0.05) is 5.41 Å². The largest absolute Gasteiger partial charge is 0.393 e. The molecular weight excluding hydrogens is 324 g/mol. The first kappa shape index (κ1) is 19.0. The summed E-state index contributed by atoms with van der Waals surface area (Å²) in [5.74, 6) is 2.03. The van der Waals surface area contributed by atoms with Crippen LogP contribution in [0.5, 0.6) is 0 Å². The van der Waals surface area contributed by atoms with E-state index < -0.39 is 5.60 Å². The Labute approximate surface area is 158 Å². The van der Waals surface area contributed by atoms with Crippen molar-refractivity contribution in [3.63, 3.8) is 0 Å². The predicted octanol–water partition coefficient (Wildman–Crippen LogP) is 4.06. The van der Waals surface area contributed by atoms with Gasteiger partial charge in [0.05, 0.1) is 18.3 Å². The van der Waals surface area contributed by atoms with Gasteiger partial charge in [0.2, 0.25) is 0 Å². The van der Waals surface area contributed by atoms with Crippen molar-refractivity contribution in [2.45, 2.75) is 90.3 Å². The molecule has 0 amide bonds. The van der Waals surface area contributed by atoms with Crippen LogP contribution in [0.1, 0.15) is 78.6 Å². The fourth-order valence-electron chi connectivity index (χ4n) is 7.91. The molecule has 0 aromatic heterocycles. The zero-order valence-electron chi connectivity index (χ0n) is 16.9. The monoisotopic (exact) mass is 362 g/mol. The Morgan fingerprint density at radius 2 is 1.77 bits per heavy atom. The van der Waals surface area contributed by atoms with Gasteiger partial charge in [-0.05, 0) is 93.8 Å². The Morgan fingerprint density at radius 1 is 1.00 bits per heavy atom. The molecular formula is C23H38O3. The molecule has 0 spiro atoms. The minimum atomic E-state index is -0.559. The second-order valence-corrected chi connectivity index (χ2v) is 10.6. The number of aliphatic hydroxyl groups is 3. The molecule has 3 N–H and O–H groups in total. The summed E-state index contributed by atoms with van der Waals surface area (Å²) in [4.78, 5) is 0. The third kappa shape index (κ3) is 2.49. The zero-order chi connectivity index (χ0) is 18.7. The second kappa shape index (κ2) is 6.32. The summed E-state index contributed by atoms with van der Waals surface area (Å²) in [6.07, 6.45) is 11.7. The van der Waals surface area contributed by atoms with E-state index >= 15 is 0 Å². The minimum absolute atomic E-state index is 0.0536. The van der Waals surface area contributed by atoms with Crippen molar-refractivity contribution < 1.29 is 15.3 Å². The van der Waals surface area contributed by atoms with Gasteiger partial charge >= 0.3 is 0 Å². The molecule has 0 radical (unpaired) electrons. The first-order chi connectivity index (χ1) is 12.2. The normalized spacial score (nSPS) is 54.4. The fourth-order valence-corrected chi connectivity index (χ4v) is 7.91. The van der Waals surface area contributed by atoms with E-state index in [0.29, 0.717) is 29.1 Å². The van der Waals surface area contributed by atoms with Crippen molar-refractivity contribution in [3.8, 4) is 0 Å². The predicted molar refractivity (Wildman–Crippen MR) is 104 cm³/mol. The Bertz CT molecular complexity index is 586. The first-order valence-electron chi connectivity index (χ1n) is 10.9. The van der Waals surface area contributed by atoms with Crippen LogP contribution in [0.3, 0.4) is 0 Å². The molecule has 4 saturated carbocycles. The van der Waals surface area contributed by atoms with Gasteiger partial charge in [-0.25, -0.2) is 0 Å². The van der Waals surface area contributed by atoms with Crippen LogP contribution in [0, 0.1) is 34.5 Å². The van der Waals surface area contributed by atoms with E-state index in [1.54, 1.807) is 0 Å². The highest BCUT2D eigenvalue weighted by molar-refractivity contribution is 5.20. The highest BCUT2D eigenvalue weighted by atomic mass is 16.3. The Balaban J connectivity index is 1.64. The van der Waals surface area contributed by atoms with Crippen molar-refractivity contribution >= 4 is 0 Å². The summed E-state index contributed by atoms with van der Waals surface area (Å²) >= 11 is 0. The summed E-state index contributed by atoms with van der Waals surface area (Å²) in [6, 6.07) is 0. The summed E-state index contributed by atoms with van der Waals surface area (Å²) in [5.41, 5.74) is 0.729. The minimum Gasteiger partial charge on any atom is -0.393 e. The third-order valence-electron chi connectivity index (χ3n) is 9.63. The molecule has 4 fully saturated rings. The Morgan fingerprint density at radius 3 is 2.50 bits per heavy atom. The maximum absolute atomic E-state index is 12.0. The zero-order valence-corrected chi connectivity index (χ0v) is 16.9. The topological polar surface area (TPSA) is 60.7 Å². The lowest BCUT2D eigenvalue weighted by Crippen LogP contribution is -2.62. The molecule has 0 heterocycles. The second-order valence-electron chi connectivity index (χ2n) is 10.6. The van der Waals surface area contributed by atoms with Crippen LogP contribution in [0.4, 0.5) is 0 Å². The maximum atomic E-state index is 12.0. The van der Waals surface area contributed by atoms with E-state index in [4.69, 9.17) is 0 Å². The summed E-state index contributed by atoms with van der Waals surface area (Å²) in [5, 5.41) is 31.7. The quantitative estimate of drug-likeness (QED) is 0.649. The van der Waals surface area contributed by atoms with E-state index in [1.807, 2.05) is 6.92 Å². The van der Waals surface area contributed by atoms with E-state index in [2.05, 4.69) is 19.9 Å². The highest BCUT2D eigenvalue weighted by Crippen LogP contribution is 2.69. The number of allylic oxidation sites excluding steroid dienone is 1. The van der Waals surface area contributed by atoms with Crippen molar-refractivity contribution in [3.05, 3.63) is 11.6 Å². The molecule has 0 aromatic carbocycles. The van der Waals surface area contributed by atoms with Crippen LogP contribution in [0.15, 0.2) is 11.6 Å². The Kier molecular flexibility index (Phi) is 4.61. The van der Waals surface area contributed by atoms with Crippen molar-refractivity contribution in [1.82, 2.24) is 0 Å². The van der Waals surface area contributed by atoms with Crippen LogP contribution in [0.25, 0.3) is 0 Å². The van der Waals surface area contributed by atoms with Crippen molar-refractivity contribution in [2.75, 3.05) is 6.61 Å². The molecule has 8 atom stereocenters. The molecule has 4 aliphatic carbocycles. The molecule has 4 aliphatic rings. The van der Waals surface area contributed by atoms with Crippen LogP contribution >= 0.6 is 0 Å². The van der Waals surface area contributed by atoms with Gasteiger partial charge in [-0.1, -0.05) is 25.5 Å². The first-order valence-corrected chi connectivity index (χ1v) is 10.9. The van der Waals surface area contributed by atoms with Gasteiger partial charge < -0.3 is 15.3 Å². The Hall–Kier alpha value is -0.380. The molecule has 0 aliphatic heterocycles. The molecule has 4 rings (SSSR count). The summed E-state index contributed by atoms with van der Waals surface area (Å²) < 4.78 is 0. The van der Waals surface area contributed by atoms with Crippen molar-refractivity contribution in [1.29, 1.82) is 0 Å². The lowest BCUT2D eigenvalue weighted by atomic mass is 9.43. The lowest BCUT2D eigenvalue weighted by Gasteiger charge is -2.63. The van der Waals surface area contributed by atoms with Gasteiger partial charge in [-0.3, -0.25) is 0 Å². The van der Waals surface area contributed by atoms with Gasteiger partial charge in [0.25, 0.3) is 0 Å². The van der Waals surface area contributed by atoms with Crippen molar-refractivity contribution in [2.24, 2.45) is 34.5 Å². The molecule has 0 bridgehead atoms. The molecule has 3 heteroatoms. The number of aliphatic hydroxyl groups excluding tert-OH is 2. The van der Waals surface area contributed by atoms with Crippen LogP contribution < -0.4 is 0 Å². The average Bonchev–Trinajstić information content (AvgIpc) is 2.87. The maximum Gasteiger partial charge on any atom is 0.0737 e. The lowest BCUT2D eigenvalue weighted by molar-refractivity contribution is -0.207. The molecule has 3 nitrogen and oxygen atoms in total. The summed E-state index contributed by atoms with van der Waals surface area (Å²) in [7, 11) is 0. The smallest absolute Gasteiger partial charge is 0.0737 e. The number of fused-ring (bicyclic) bond motifs is 5. The van der Waals surface area contributed by atoms with E-state index in [1.165, 1.54) is 12.8 Å². The SMILES string of the molecule is C/C(=C/[C@H]1CC[C@@]2(O)[C@@H]3CCC4CC(O)CC[C@]4(C)[C@H]3CC[C@]12C)CO. The van der Waals surface area contributed by atoms with Crippen LogP contribution in [-0.2, 0) is 0 Å². The molecule has 2 unspecified atom stereocenters. The van der Waals surface area contributed by atoms with Crippen LogP contribution in [-0.4, -0.2) is 33.6 Å². The van der Waals surface area contributed by atoms with Gasteiger partial charge in [-0.2, -0.15) is 0 Å². The third-order valence-corrected chi connectivity index (χ3v) is 9.63. The fraction of sp³-hybridized carbons (Fsp3) is 0.913. The highest BCUT2D eigenvalue weighted by Gasteiger charge is 2.66. The number of hydrogen-bond donors (Lipinski definition) is 3. The van der Waals surface area contributed by atoms with E-state index in [9.17, 15) is 15.3 Å². The molecule has 0 saturated heterocycles. The molecule has 26 heavy (non-hydrogen) atoms. The average molecular weight is 363 g/mol. The number of hydrogen-bond acceptors (Lipinski definition) is 3. The standard InChI is InChI=1S/C23H38O3/c1-15(14-24)12-17-6-11-23(26)20-5-4-16-13-18(25)7-9-21(16,2)19(20)8-10-22(17,23)3/h12,16-20,24-26H,4-11,13-14H2,1-3H3/b15-12-/t16?,17-,18?,19+,20-,21+,22-,23-/m1/s1. The molecule has 148 valence electrons. The van der Waals surface area contributed by atoms with Gasteiger partial charge in [-0.15, -0.1) is 0 Å². The van der Waals surface area contributed by atoms with Crippen LogP contribution in [0.2, 0.25) is 0 Å². The molecule has 0 aromatic rings. The van der Waals surface area contributed by atoms with E-state index in [0.717, 1.165) is 50.5 Å². The van der Waals surface area contributed by atoms with Gasteiger partial charge in [0.15, 0.2) is 0 Å². The van der Waals surface area contributed by atoms with E-state index in [-0.39, 0.29) is 18.1 Å². The van der Waals surface area contributed by atoms with Gasteiger partial charge in [0.1, 0.15) is 0 Å². The summed E-state index contributed by atoms with van der Waals surface area (Å²) in [6.45, 7) is 6.92. The number of rotatable bonds is 2.